The number of aromatic nitrogens is 3. The van der Waals surface area contributed by atoms with Crippen LogP contribution in [0.5, 0.6) is 0 Å². The van der Waals surface area contributed by atoms with Gasteiger partial charge in [0, 0.05) is 43.6 Å². The average Bonchev–Trinajstić information content (AvgIpc) is 3.07. The zero-order chi connectivity index (χ0) is 21.3. The molecule has 6 nitrogen and oxygen atoms in total. The largest absolute Gasteiger partial charge is 0.366 e. The molecule has 1 aromatic heterocycles. The maximum Gasteiger partial charge on any atom is 0.255 e. The van der Waals surface area contributed by atoms with Crippen LogP contribution in [-0.4, -0.2) is 57.1 Å². The molecule has 0 atom stereocenters. The first-order valence-corrected chi connectivity index (χ1v) is 10.1. The molecule has 1 N–H and O–H groups in total. The molecule has 29 heavy (non-hydrogen) atoms. The van der Waals surface area contributed by atoms with Crippen molar-refractivity contribution in [3.05, 3.63) is 29.6 Å². The van der Waals surface area contributed by atoms with E-state index in [2.05, 4.69) is 47.8 Å². The van der Waals surface area contributed by atoms with Crippen molar-refractivity contribution in [3.63, 3.8) is 0 Å². The van der Waals surface area contributed by atoms with Crippen LogP contribution in [0.15, 0.2) is 18.2 Å². The molecule has 1 amide bonds. The zero-order valence-corrected chi connectivity index (χ0v) is 17.7. The summed E-state index contributed by atoms with van der Waals surface area (Å²) in [6.07, 6.45) is -0.580. The Bertz CT molecular complexity index is 860. The number of alkyl halides is 2. The van der Waals surface area contributed by atoms with Gasteiger partial charge in [-0.2, -0.15) is 0 Å². The van der Waals surface area contributed by atoms with E-state index in [1.165, 1.54) is 4.90 Å². The van der Waals surface area contributed by atoms with Crippen LogP contribution >= 0.6 is 0 Å². The van der Waals surface area contributed by atoms with E-state index >= 15 is 0 Å². The second kappa shape index (κ2) is 8.08. The molecule has 0 bridgehead atoms. The summed E-state index contributed by atoms with van der Waals surface area (Å²) in [5.41, 5.74) is 2.13. The van der Waals surface area contributed by atoms with Crippen LogP contribution in [0.25, 0.3) is 11.4 Å². The fourth-order valence-electron chi connectivity index (χ4n) is 3.91. The highest BCUT2D eigenvalue weighted by atomic mass is 19.3. The number of aromatic amines is 1. The Morgan fingerprint density at radius 3 is 2.28 bits per heavy atom. The third-order valence-electron chi connectivity index (χ3n) is 5.27. The number of nitrogens with one attached hydrogen (secondary N) is 1. The monoisotopic (exact) mass is 405 g/mol. The molecule has 2 heterocycles. The summed E-state index contributed by atoms with van der Waals surface area (Å²) < 4.78 is 27.1. The van der Waals surface area contributed by atoms with Gasteiger partial charge in [0.1, 0.15) is 5.82 Å². The summed E-state index contributed by atoms with van der Waals surface area (Å²) in [7, 11) is 0. The first-order valence-electron chi connectivity index (χ1n) is 10.1. The number of hydrogen-bond donors (Lipinski definition) is 1. The van der Waals surface area contributed by atoms with Gasteiger partial charge in [0.25, 0.3) is 11.8 Å². The number of halogens is 2. The van der Waals surface area contributed by atoms with E-state index in [1.807, 2.05) is 19.1 Å². The topological polar surface area (TPSA) is 65.1 Å². The summed E-state index contributed by atoms with van der Waals surface area (Å²) in [4.78, 5) is 20.1. The first kappa shape index (κ1) is 21.2. The van der Waals surface area contributed by atoms with Gasteiger partial charge in [0.05, 0.1) is 11.3 Å². The van der Waals surface area contributed by atoms with Gasteiger partial charge in [-0.1, -0.05) is 6.07 Å². The van der Waals surface area contributed by atoms with E-state index in [-0.39, 0.29) is 43.9 Å². The number of piperidine rings is 1. The molecule has 1 saturated heterocycles. The molecule has 3 rings (SSSR count). The van der Waals surface area contributed by atoms with Crippen molar-refractivity contribution in [2.45, 2.75) is 65.5 Å². The van der Waals surface area contributed by atoms with Crippen LogP contribution in [0, 0.1) is 6.92 Å². The number of benzene rings is 1. The van der Waals surface area contributed by atoms with E-state index in [0.717, 1.165) is 11.3 Å². The van der Waals surface area contributed by atoms with Crippen molar-refractivity contribution < 1.29 is 13.6 Å². The fourth-order valence-corrected chi connectivity index (χ4v) is 3.91. The number of rotatable bonds is 5. The number of likely N-dealkylation sites (tertiary alicyclic amines) is 1. The highest BCUT2D eigenvalue weighted by Crippen LogP contribution is 2.33. The minimum Gasteiger partial charge on any atom is -0.366 e. The van der Waals surface area contributed by atoms with Crippen molar-refractivity contribution in [3.8, 4) is 11.4 Å². The van der Waals surface area contributed by atoms with Crippen molar-refractivity contribution in [1.29, 1.82) is 0 Å². The molecule has 0 aliphatic carbocycles. The number of nitrogens with zero attached hydrogens (tertiary/aromatic N) is 4. The fraction of sp³-hybridized carbons (Fsp3) is 0.571. The Labute approximate surface area is 170 Å². The third-order valence-corrected chi connectivity index (χ3v) is 5.27. The molecule has 0 radical (unpaired) electrons. The lowest BCUT2D eigenvalue weighted by Crippen LogP contribution is -2.44. The number of aryl methyl sites for hydroxylation is 1. The third kappa shape index (κ3) is 4.57. The van der Waals surface area contributed by atoms with E-state index in [1.54, 1.807) is 6.07 Å². The lowest BCUT2D eigenvalue weighted by molar-refractivity contribution is -0.0494. The summed E-state index contributed by atoms with van der Waals surface area (Å²) in [6.45, 7) is 10.2. The van der Waals surface area contributed by atoms with Gasteiger partial charge in [-0.05, 0) is 46.8 Å². The highest BCUT2D eigenvalue weighted by molar-refractivity contribution is 6.00. The minimum absolute atomic E-state index is 0.0671. The van der Waals surface area contributed by atoms with Crippen LogP contribution in [0.3, 0.4) is 0 Å². The van der Waals surface area contributed by atoms with Gasteiger partial charge >= 0.3 is 0 Å². The van der Waals surface area contributed by atoms with Crippen LogP contribution in [0.2, 0.25) is 0 Å². The number of anilines is 1. The maximum absolute atomic E-state index is 13.5. The average molecular weight is 405 g/mol. The zero-order valence-electron chi connectivity index (χ0n) is 17.7. The van der Waals surface area contributed by atoms with E-state index < -0.39 is 5.92 Å². The number of carbonyl (C=O) groups excluding carboxylic acids is 1. The van der Waals surface area contributed by atoms with Gasteiger partial charge in [0.2, 0.25) is 0 Å². The summed E-state index contributed by atoms with van der Waals surface area (Å²) >= 11 is 0. The molecule has 0 unspecified atom stereocenters. The maximum atomic E-state index is 13.5. The molecule has 1 aromatic carbocycles. The van der Waals surface area contributed by atoms with Crippen LogP contribution < -0.4 is 4.90 Å². The highest BCUT2D eigenvalue weighted by Gasteiger charge is 2.36. The van der Waals surface area contributed by atoms with E-state index in [0.29, 0.717) is 17.2 Å². The van der Waals surface area contributed by atoms with Crippen molar-refractivity contribution in [2.75, 3.05) is 18.0 Å². The second-order valence-corrected chi connectivity index (χ2v) is 8.23. The predicted octanol–water partition coefficient (Wildman–Crippen LogP) is 4.27. The Balaban J connectivity index is 2.02. The minimum atomic E-state index is -2.69. The molecule has 0 saturated carbocycles. The van der Waals surface area contributed by atoms with Crippen molar-refractivity contribution >= 4 is 11.6 Å². The molecule has 158 valence electrons. The SMILES string of the molecule is Cc1nnc(-c2ccc(C(=O)N3CCC(F)(F)CC3)c(N(C(C)C)C(C)C)c2)[nH]1. The normalized spacial score (nSPS) is 16.5. The second-order valence-electron chi connectivity index (χ2n) is 8.23. The molecular weight excluding hydrogens is 376 g/mol. The van der Waals surface area contributed by atoms with Crippen LogP contribution in [0.4, 0.5) is 14.5 Å². The summed E-state index contributed by atoms with van der Waals surface area (Å²) in [5, 5.41) is 8.17. The smallest absolute Gasteiger partial charge is 0.255 e. The van der Waals surface area contributed by atoms with Gasteiger partial charge in [-0.3, -0.25) is 4.79 Å². The molecule has 0 spiro atoms. The number of hydrogen-bond acceptors (Lipinski definition) is 4. The molecular formula is C21H29F2N5O. The number of amides is 1. The summed E-state index contributed by atoms with van der Waals surface area (Å²) in [6, 6.07) is 5.84. The summed E-state index contributed by atoms with van der Waals surface area (Å²) in [5.74, 6) is -1.55. The van der Waals surface area contributed by atoms with E-state index in [4.69, 9.17) is 0 Å². The number of H-pyrrole nitrogens is 1. The lowest BCUT2D eigenvalue weighted by atomic mass is 10.0. The molecule has 1 fully saturated rings. The van der Waals surface area contributed by atoms with Crippen molar-refractivity contribution in [1.82, 2.24) is 20.1 Å². The molecule has 1 aliphatic rings. The Morgan fingerprint density at radius 2 is 1.76 bits per heavy atom. The standard InChI is InChI=1S/C21H29F2N5O/c1-13(2)28(14(3)4)18-12-16(19-24-15(5)25-26-19)6-7-17(18)20(29)27-10-8-21(22,23)9-11-27/h6-7,12-14H,8-11H2,1-5H3,(H,24,25,26). The van der Waals surface area contributed by atoms with Crippen molar-refractivity contribution in [2.24, 2.45) is 0 Å². The Morgan fingerprint density at radius 1 is 1.14 bits per heavy atom. The first-order chi connectivity index (χ1) is 13.6. The van der Waals surface area contributed by atoms with Gasteiger partial charge in [-0.15, -0.1) is 10.2 Å². The van der Waals surface area contributed by atoms with Crippen LogP contribution in [0.1, 0.15) is 56.7 Å². The van der Waals surface area contributed by atoms with Crippen LogP contribution in [-0.2, 0) is 0 Å². The molecule has 1 aliphatic heterocycles. The quantitative estimate of drug-likeness (QED) is 0.807. The lowest BCUT2D eigenvalue weighted by Gasteiger charge is -2.37. The van der Waals surface area contributed by atoms with E-state index in [9.17, 15) is 13.6 Å². The Hall–Kier alpha value is -2.51. The molecule has 8 heteroatoms. The van der Waals surface area contributed by atoms with Gasteiger partial charge < -0.3 is 14.8 Å². The molecule has 2 aromatic rings. The predicted molar refractivity (Wildman–Crippen MR) is 109 cm³/mol. The van der Waals surface area contributed by atoms with Gasteiger partial charge in [-0.25, -0.2) is 8.78 Å². The number of carbonyl (C=O) groups is 1. The van der Waals surface area contributed by atoms with Gasteiger partial charge in [0.15, 0.2) is 5.82 Å². The Kier molecular flexibility index (Phi) is 5.91.